The Morgan fingerprint density at radius 3 is 2.00 bits per heavy atom. The first-order chi connectivity index (χ1) is 7.57. The molecule has 0 nitrogen and oxygen atoms in total. The Morgan fingerprint density at radius 1 is 1.06 bits per heavy atom. The molecule has 0 saturated carbocycles. The van der Waals surface area contributed by atoms with E-state index in [0.717, 1.165) is 5.56 Å². The molecule has 6 heteroatoms. The lowest BCUT2D eigenvalue weighted by Crippen LogP contribution is -2.40. The molecule has 1 atom stereocenters. The van der Waals surface area contributed by atoms with E-state index in [1.165, 1.54) is 19.1 Å². The van der Waals surface area contributed by atoms with Gasteiger partial charge in [0.2, 0.25) is 0 Å². The lowest BCUT2D eigenvalue weighted by atomic mass is 9.99. The third kappa shape index (κ3) is 2.78. The molecule has 0 fully saturated rings. The molecule has 0 aliphatic carbocycles. The Balaban J connectivity index is 3.17. The second-order valence-corrected chi connectivity index (χ2v) is 4.76. The molecule has 0 N–H and O–H groups in total. The van der Waals surface area contributed by atoms with E-state index >= 15 is 0 Å². The molecule has 0 aliphatic heterocycles. The Kier molecular flexibility index (Phi) is 3.86. The quantitative estimate of drug-likeness (QED) is 0.535. The van der Waals surface area contributed by atoms with Crippen LogP contribution in [-0.2, 0) is 0 Å². The molecule has 96 valence electrons. The highest BCUT2D eigenvalue weighted by atomic mass is 79.9. The van der Waals surface area contributed by atoms with Gasteiger partial charge in [-0.3, -0.25) is 0 Å². The van der Waals surface area contributed by atoms with Crippen LogP contribution in [0.2, 0.25) is 0 Å². The number of benzene rings is 1. The van der Waals surface area contributed by atoms with Crippen molar-refractivity contribution >= 4 is 15.9 Å². The maximum atomic E-state index is 13.1. The fraction of sp³-hybridized carbons (Fsp3) is 0.455. The molecular weight excluding hydrogens is 307 g/mol. The summed E-state index contributed by atoms with van der Waals surface area (Å²) in [5.41, 5.74) is 1.15. The van der Waals surface area contributed by atoms with Crippen molar-refractivity contribution in [1.29, 1.82) is 0 Å². The number of halogens is 6. The zero-order valence-corrected chi connectivity index (χ0v) is 10.7. The number of aryl methyl sites for hydroxylation is 2. The van der Waals surface area contributed by atoms with Crippen molar-refractivity contribution in [2.75, 3.05) is 0 Å². The van der Waals surface area contributed by atoms with Crippen LogP contribution in [0.5, 0.6) is 0 Å². The van der Waals surface area contributed by atoms with E-state index in [1.807, 2.05) is 0 Å². The third-order valence-electron chi connectivity index (χ3n) is 2.39. The summed E-state index contributed by atoms with van der Waals surface area (Å²) in [5, 5.41) is 0. The molecule has 1 aromatic rings. The standard InChI is InChI=1S/C11H10BrF5/c1-6-3-4-8(7(2)5-6)9(12)10(13,14)11(15,16)17/h3-5,9H,1-2H3. The van der Waals surface area contributed by atoms with E-state index < -0.39 is 16.9 Å². The fourth-order valence-electron chi connectivity index (χ4n) is 1.45. The van der Waals surface area contributed by atoms with E-state index in [-0.39, 0.29) is 5.56 Å². The fourth-order valence-corrected chi connectivity index (χ4v) is 2.22. The number of hydrogen-bond donors (Lipinski definition) is 0. The Hall–Kier alpha value is -0.650. The van der Waals surface area contributed by atoms with Crippen LogP contribution in [0, 0.1) is 13.8 Å². The number of hydrogen-bond acceptors (Lipinski definition) is 0. The SMILES string of the molecule is Cc1ccc(C(Br)C(F)(F)C(F)(F)F)c(C)c1. The summed E-state index contributed by atoms with van der Waals surface area (Å²) >= 11 is 2.45. The summed E-state index contributed by atoms with van der Waals surface area (Å²) < 4.78 is 62.8. The molecule has 17 heavy (non-hydrogen) atoms. The monoisotopic (exact) mass is 316 g/mol. The number of rotatable bonds is 2. The molecule has 0 saturated heterocycles. The molecule has 0 amide bonds. The summed E-state index contributed by atoms with van der Waals surface area (Å²) in [7, 11) is 0. The van der Waals surface area contributed by atoms with Crippen molar-refractivity contribution in [3.63, 3.8) is 0 Å². The average Bonchev–Trinajstić information content (AvgIpc) is 2.14. The summed E-state index contributed by atoms with van der Waals surface area (Å²) in [5.74, 6) is -4.80. The third-order valence-corrected chi connectivity index (χ3v) is 3.46. The van der Waals surface area contributed by atoms with Crippen molar-refractivity contribution in [2.24, 2.45) is 0 Å². The maximum absolute atomic E-state index is 13.1. The van der Waals surface area contributed by atoms with Crippen LogP contribution >= 0.6 is 15.9 Å². The Labute approximate surface area is 104 Å². The largest absolute Gasteiger partial charge is 0.454 e. The van der Waals surface area contributed by atoms with Crippen molar-refractivity contribution < 1.29 is 22.0 Å². The average molecular weight is 317 g/mol. The normalized spacial score (nSPS) is 14.8. The maximum Gasteiger partial charge on any atom is 0.454 e. The predicted octanol–water partition coefficient (Wildman–Crippen LogP) is 4.94. The van der Waals surface area contributed by atoms with Gasteiger partial charge in [-0.05, 0) is 25.0 Å². The Bertz CT molecular complexity index is 411. The molecule has 0 aromatic heterocycles. The lowest BCUT2D eigenvalue weighted by Gasteiger charge is -2.26. The van der Waals surface area contributed by atoms with Gasteiger partial charge in [-0.25, -0.2) is 0 Å². The summed E-state index contributed by atoms with van der Waals surface area (Å²) in [4.78, 5) is -2.07. The van der Waals surface area contributed by atoms with Gasteiger partial charge in [-0.1, -0.05) is 39.7 Å². The zero-order chi connectivity index (χ0) is 13.4. The zero-order valence-electron chi connectivity index (χ0n) is 9.08. The highest BCUT2D eigenvalue weighted by Crippen LogP contribution is 2.49. The summed E-state index contributed by atoms with van der Waals surface area (Å²) in [6.45, 7) is 3.24. The lowest BCUT2D eigenvalue weighted by molar-refractivity contribution is -0.281. The van der Waals surface area contributed by atoms with E-state index in [4.69, 9.17) is 0 Å². The molecule has 0 bridgehead atoms. The van der Waals surface area contributed by atoms with E-state index in [2.05, 4.69) is 15.9 Å². The van der Waals surface area contributed by atoms with Crippen LogP contribution < -0.4 is 0 Å². The highest BCUT2D eigenvalue weighted by Gasteiger charge is 2.62. The van der Waals surface area contributed by atoms with E-state index in [1.54, 1.807) is 13.0 Å². The first-order valence-electron chi connectivity index (χ1n) is 4.73. The number of alkyl halides is 6. The minimum Gasteiger partial charge on any atom is -0.195 e. The van der Waals surface area contributed by atoms with Gasteiger partial charge >= 0.3 is 12.1 Å². The van der Waals surface area contributed by atoms with Gasteiger partial charge in [0.15, 0.2) is 0 Å². The minimum atomic E-state index is -5.57. The first-order valence-corrected chi connectivity index (χ1v) is 5.64. The molecule has 0 aliphatic rings. The first kappa shape index (κ1) is 14.4. The van der Waals surface area contributed by atoms with Crippen LogP contribution in [0.3, 0.4) is 0 Å². The molecule has 1 rings (SSSR count). The molecule has 0 spiro atoms. The van der Waals surface area contributed by atoms with Gasteiger partial charge in [0.25, 0.3) is 0 Å². The molecule has 1 aromatic carbocycles. The van der Waals surface area contributed by atoms with E-state index in [0.29, 0.717) is 5.56 Å². The van der Waals surface area contributed by atoms with Crippen molar-refractivity contribution in [3.8, 4) is 0 Å². The van der Waals surface area contributed by atoms with Gasteiger partial charge < -0.3 is 0 Å². The van der Waals surface area contributed by atoms with Gasteiger partial charge in [0, 0.05) is 0 Å². The van der Waals surface area contributed by atoms with Crippen LogP contribution in [0.25, 0.3) is 0 Å². The minimum absolute atomic E-state index is 0.0575. The van der Waals surface area contributed by atoms with Gasteiger partial charge in [0.05, 0.1) is 0 Å². The second kappa shape index (κ2) is 4.55. The van der Waals surface area contributed by atoms with Crippen LogP contribution in [0.4, 0.5) is 22.0 Å². The molecule has 0 radical (unpaired) electrons. The van der Waals surface area contributed by atoms with Crippen molar-refractivity contribution in [2.45, 2.75) is 30.8 Å². The van der Waals surface area contributed by atoms with E-state index in [9.17, 15) is 22.0 Å². The molecular formula is C11H10BrF5. The predicted molar refractivity (Wildman–Crippen MR) is 58.6 cm³/mol. The van der Waals surface area contributed by atoms with Gasteiger partial charge in [-0.15, -0.1) is 0 Å². The molecule has 0 heterocycles. The van der Waals surface area contributed by atoms with Crippen LogP contribution in [0.15, 0.2) is 18.2 Å². The summed E-state index contributed by atoms with van der Waals surface area (Å²) in [6, 6.07) is 4.35. The highest BCUT2D eigenvalue weighted by molar-refractivity contribution is 9.09. The summed E-state index contributed by atoms with van der Waals surface area (Å²) in [6.07, 6.45) is -5.57. The molecule has 1 unspecified atom stereocenters. The topological polar surface area (TPSA) is 0 Å². The van der Waals surface area contributed by atoms with Crippen molar-refractivity contribution in [3.05, 3.63) is 34.9 Å². The van der Waals surface area contributed by atoms with Crippen LogP contribution in [0.1, 0.15) is 21.5 Å². The Morgan fingerprint density at radius 2 is 1.59 bits per heavy atom. The van der Waals surface area contributed by atoms with Crippen molar-refractivity contribution in [1.82, 2.24) is 0 Å². The van der Waals surface area contributed by atoms with Gasteiger partial charge in [0.1, 0.15) is 4.83 Å². The van der Waals surface area contributed by atoms with Crippen LogP contribution in [-0.4, -0.2) is 12.1 Å². The smallest absolute Gasteiger partial charge is 0.195 e. The van der Waals surface area contributed by atoms with Gasteiger partial charge in [-0.2, -0.15) is 22.0 Å². The second-order valence-electron chi connectivity index (χ2n) is 3.84.